The second-order valence-electron chi connectivity index (χ2n) is 5.15. The summed E-state index contributed by atoms with van der Waals surface area (Å²) in [5.74, 6) is 1.32. The van der Waals surface area contributed by atoms with Crippen molar-refractivity contribution in [3.8, 4) is 16.3 Å². The molecule has 128 valence electrons. The monoisotopic (exact) mass is 371 g/mol. The molecular formula is C19H17NO3S2. The number of carbonyl (C=O) groups excluding carboxylic acids is 1. The molecule has 6 heteroatoms. The largest absolute Gasteiger partial charge is 0.496 e. The normalized spacial score (nSPS) is 10.5. The Hall–Kier alpha value is -2.31. The number of hydrogen-bond donors (Lipinski definition) is 0. The van der Waals surface area contributed by atoms with Crippen LogP contribution in [-0.2, 0) is 10.5 Å². The van der Waals surface area contributed by atoms with E-state index >= 15 is 0 Å². The molecule has 25 heavy (non-hydrogen) atoms. The number of carbonyl (C=O) groups is 1. The van der Waals surface area contributed by atoms with Gasteiger partial charge >= 0.3 is 5.97 Å². The smallest absolute Gasteiger partial charge is 0.337 e. The van der Waals surface area contributed by atoms with Crippen LogP contribution in [0, 0.1) is 0 Å². The third-order valence-corrected chi connectivity index (χ3v) is 5.58. The number of thiazole rings is 1. The maximum Gasteiger partial charge on any atom is 0.337 e. The van der Waals surface area contributed by atoms with Gasteiger partial charge in [-0.15, -0.1) is 23.1 Å². The molecule has 0 unspecified atom stereocenters. The number of esters is 1. The third kappa shape index (κ3) is 4.21. The van der Waals surface area contributed by atoms with Gasteiger partial charge in [-0.05, 0) is 24.3 Å². The van der Waals surface area contributed by atoms with Crippen LogP contribution in [0.3, 0.4) is 0 Å². The minimum absolute atomic E-state index is 0.334. The van der Waals surface area contributed by atoms with E-state index < -0.39 is 0 Å². The van der Waals surface area contributed by atoms with E-state index in [9.17, 15) is 4.79 Å². The van der Waals surface area contributed by atoms with Gasteiger partial charge in [0, 0.05) is 21.6 Å². The number of rotatable bonds is 6. The third-order valence-electron chi connectivity index (χ3n) is 3.55. The number of para-hydroxylation sites is 1. The molecule has 0 saturated heterocycles. The van der Waals surface area contributed by atoms with Gasteiger partial charge in [0.05, 0.1) is 25.5 Å². The summed E-state index contributed by atoms with van der Waals surface area (Å²) in [5, 5.41) is 3.00. The molecule has 0 amide bonds. The molecule has 1 aromatic heterocycles. The van der Waals surface area contributed by atoms with Crippen LogP contribution in [0.25, 0.3) is 10.6 Å². The Kier molecular flexibility index (Phi) is 5.73. The molecule has 0 bridgehead atoms. The predicted molar refractivity (Wildman–Crippen MR) is 101 cm³/mol. The highest BCUT2D eigenvalue weighted by atomic mass is 32.2. The van der Waals surface area contributed by atoms with Gasteiger partial charge in [0.1, 0.15) is 10.8 Å². The lowest BCUT2D eigenvalue weighted by Gasteiger charge is -2.06. The maximum absolute atomic E-state index is 11.5. The zero-order valence-electron chi connectivity index (χ0n) is 13.9. The zero-order chi connectivity index (χ0) is 17.6. The zero-order valence-corrected chi connectivity index (χ0v) is 15.5. The molecule has 2 aromatic carbocycles. The van der Waals surface area contributed by atoms with E-state index in [0.29, 0.717) is 5.56 Å². The quantitative estimate of drug-likeness (QED) is 0.456. The van der Waals surface area contributed by atoms with Crippen LogP contribution in [0.1, 0.15) is 16.1 Å². The van der Waals surface area contributed by atoms with Crippen LogP contribution in [-0.4, -0.2) is 25.2 Å². The first kappa shape index (κ1) is 17.5. The van der Waals surface area contributed by atoms with Crippen molar-refractivity contribution in [2.24, 2.45) is 0 Å². The highest BCUT2D eigenvalue weighted by molar-refractivity contribution is 7.98. The van der Waals surface area contributed by atoms with Crippen LogP contribution in [0.4, 0.5) is 0 Å². The maximum atomic E-state index is 11.5. The average Bonchev–Trinajstić information content (AvgIpc) is 3.15. The van der Waals surface area contributed by atoms with Crippen LogP contribution in [0.5, 0.6) is 5.75 Å². The Morgan fingerprint density at radius 1 is 1.12 bits per heavy atom. The van der Waals surface area contributed by atoms with Crippen molar-refractivity contribution >= 4 is 29.1 Å². The lowest BCUT2D eigenvalue weighted by atomic mass is 10.1. The number of nitrogens with zero attached hydrogens (tertiary/aromatic N) is 1. The van der Waals surface area contributed by atoms with E-state index in [1.54, 1.807) is 42.3 Å². The highest BCUT2D eigenvalue weighted by Gasteiger charge is 2.09. The summed E-state index contributed by atoms with van der Waals surface area (Å²) in [4.78, 5) is 17.3. The molecule has 4 nitrogen and oxygen atoms in total. The molecule has 0 aliphatic carbocycles. The second-order valence-corrected chi connectivity index (χ2v) is 7.03. The van der Waals surface area contributed by atoms with Gasteiger partial charge in [-0.1, -0.05) is 24.3 Å². The van der Waals surface area contributed by atoms with Crippen LogP contribution < -0.4 is 4.74 Å². The molecular weight excluding hydrogens is 354 g/mol. The first-order valence-electron chi connectivity index (χ1n) is 7.60. The lowest BCUT2D eigenvalue weighted by Crippen LogP contribution is -2.00. The summed E-state index contributed by atoms with van der Waals surface area (Å²) in [6, 6.07) is 15.3. The first-order chi connectivity index (χ1) is 12.2. The summed E-state index contributed by atoms with van der Waals surface area (Å²) < 4.78 is 10.1. The minimum Gasteiger partial charge on any atom is -0.496 e. The Morgan fingerprint density at radius 3 is 2.60 bits per heavy atom. The Bertz CT molecular complexity index is 859. The van der Waals surface area contributed by atoms with E-state index in [2.05, 4.69) is 10.4 Å². The molecule has 0 saturated carbocycles. The molecule has 0 aliphatic rings. The van der Waals surface area contributed by atoms with Gasteiger partial charge in [0.15, 0.2) is 0 Å². The van der Waals surface area contributed by atoms with Crippen molar-refractivity contribution in [3.05, 3.63) is 65.2 Å². The molecule has 0 spiro atoms. The number of hydrogen-bond acceptors (Lipinski definition) is 6. The Balaban J connectivity index is 1.69. The molecule has 3 rings (SSSR count). The van der Waals surface area contributed by atoms with Crippen LogP contribution in [0.2, 0.25) is 0 Å². The minimum atomic E-state index is -0.334. The Labute approximate surface area is 154 Å². The van der Waals surface area contributed by atoms with Gasteiger partial charge < -0.3 is 9.47 Å². The van der Waals surface area contributed by atoms with Crippen LogP contribution >= 0.6 is 23.1 Å². The highest BCUT2D eigenvalue weighted by Crippen LogP contribution is 2.32. The van der Waals surface area contributed by atoms with Crippen molar-refractivity contribution in [1.82, 2.24) is 4.98 Å². The van der Waals surface area contributed by atoms with E-state index in [1.165, 1.54) is 7.11 Å². The molecule has 3 aromatic rings. The van der Waals surface area contributed by atoms with Crippen molar-refractivity contribution < 1.29 is 14.3 Å². The summed E-state index contributed by atoms with van der Waals surface area (Å²) in [7, 11) is 3.06. The van der Waals surface area contributed by atoms with Crippen molar-refractivity contribution in [1.29, 1.82) is 0 Å². The number of methoxy groups -OCH3 is 2. The fraction of sp³-hybridized carbons (Fsp3) is 0.158. The number of ether oxygens (including phenoxy) is 2. The summed E-state index contributed by atoms with van der Waals surface area (Å²) in [5.41, 5.74) is 2.55. The summed E-state index contributed by atoms with van der Waals surface area (Å²) in [6.07, 6.45) is 0. The van der Waals surface area contributed by atoms with E-state index in [-0.39, 0.29) is 5.97 Å². The summed E-state index contributed by atoms with van der Waals surface area (Å²) >= 11 is 3.30. The summed E-state index contributed by atoms with van der Waals surface area (Å²) in [6.45, 7) is 0. The standard InChI is InChI=1S/C19H17NO3S2/c1-22-16-5-3-4-6-17(16)24-11-15-12-25-18(20-15)13-7-9-14(10-8-13)19(21)23-2/h3-10,12H,11H2,1-2H3. The average molecular weight is 371 g/mol. The van der Waals surface area contributed by atoms with Gasteiger partial charge in [0.25, 0.3) is 0 Å². The SMILES string of the molecule is COC(=O)c1ccc(-c2nc(CSc3ccccc3OC)cs2)cc1. The van der Waals surface area contributed by atoms with Gasteiger partial charge in [-0.3, -0.25) is 0 Å². The van der Waals surface area contributed by atoms with Crippen molar-refractivity contribution in [2.45, 2.75) is 10.6 Å². The topological polar surface area (TPSA) is 48.4 Å². The molecule has 0 aliphatic heterocycles. The van der Waals surface area contributed by atoms with E-state index in [4.69, 9.17) is 9.47 Å². The Morgan fingerprint density at radius 2 is 1.88 bits per heavy atom. The predicted octanol–water partition coefficient (Wildman–Crippen LogP) is 4.90. The van der Waals surface area contributed by atoms with Gasteiger partial charge in [-0.2, -0.15) is 0 Å². The first-order valence-corrected chi connectivity index (χ1v) is 9.46. The molecule has 0 atom stereocenters. The van der Waals surface area contributed by atoms with E-state index in [0.717, 1.165) is 32.7 Å². The second kappa shape index (κ2) is 8.18. The fourth-order valence-electron chi connectivity index (χ4n) is 2.26. The lowest BCUT2D eigenvalue weighted by molar-refractivity contribution is 0.0601. The molecule has 0 radical (unpaired) electrons. The molecule has 1 heterocycles. The van der Waals surface area contributed by atoms with Crippen molar-refractivity contribution in [3.63, 3.8) is 0 Å². The van der Waals surface area contributed by atoms with E-state index in [1.807, 2.05) is 36.4 Å². The molecule has 0 fully saturated rings. The van der Waals surface area contributed by atoms with Crippen LogP contribution in [0.15, 0.2) is 58.8 Å². The number of aromatic nitrogens is 1. The van der Waals surface area contributed by atoms with Gasteiger partial charge in [-0.25, -0.2) is 9.78 Å². The van der Waals surface area contributed by atoms with Gasteiger partial charge in [0.2, 0.25) is 0 Å². The fourth-order valence-corrected chi connectivity index (χ4v) is 4.11. The number of benzene rings is 2. The number of thioether (sulfide) groups is 1. The molecule has 0 N–H and O–H groups in total. The van der Waals surface area contributed by atoms with Crippen molar-refractivity contribution in [2.75, 3.05) is 14.2 Å².